The monoisotopic (exact) mass is 408 g/mol. The average Bonchev–Trinajstić information content (AvgIpc) is 2.74. The summed E-state index contributed by atoms with van der Waals surface area (Å²) in [7, 11) is 0. The van der Waals surface area contributed by atoms with E-state index in [1.807, 2.05) is 0 Å². The van der Waals surface area contributed by atoms with Gasteiger partial charge in [0.2, 0.25) is 17.2 Å². The van der Waals surface area contributed by atoms with Crippen LogP contribution in [0.3, 0.4) is 0 Å². The van der Waals surface area contributed by atoms with Crippen molar-refractivity contribution in [1.82, 2.24) is 5.43 Å². The molecular formula is C20H16N4O6. The smallest absolute Gasteiger partial charge is 0.292 e. The number of rotatable bonds is 7. The summed E-state index contributed by atoms with van der Waals surface area (Å²) >= 11 is 0. The number of nitrogens with zero attached hydrogens (tertiary/aromatic N) is 2. The van der Waals surface area contributed by atoms with E-state index in [-0.39, 0.29) is 35.2 Å². The first kappa shape index (κ1) is 20.4. The van der Waals surface area contributed by atoms with Crippen molar-refractivity contribution in [1.29, 1.82) is 0 Å². The van der Waals surface area contributed by atoms with Gasteiger partial charge in [-0.25, -0.2) is 5.43 Å². The fourth-order valence-electron chi connectivity index (χ4n) is 2.59. The maximum Gasteiger partial charge on any atom is 0.292 e. The number of nitro benzene ring substituents is 1. The van der Waals surface area contributed by atoms with E-state index in [9.17, 15) is 24.5 Å². The van der Waals surface area contributed by atoms with E-state index in [4.69, 9.17) is 4.42 Å². The molecule has 2 aromatic carbocycles. The minimum Gasteiger partial charge on any atom is -0.463 e. The number of amides is 2. The first-order valence-corrected chi connectivity index (χ1v) is 8.81. The van der Waals surface area contributed by atoms with Crippen LogP contribution in [0.1, 0.15) is 18.4 Å². The summed E-state index contributed by atoms with van der Waals surface area (Å²) in [6.07, 6.45) is 1.99. The molecule has 0 saturated heterocycles. The lowest BCUT2D eigenvalue weighted by Gasteiger charge is -2.05. The number of benzene rings is 2. The number of carbonyl (C=O) groups excluding carboxylic acids is 2. The summed E-state index contributed by atoms with van der Waals surface area (Å²) in [4.78, 5) is 46.4. The van der Waals surface area contributed by atoms with Crippen molar-refractivity contribution in [3.05, 3.63) is 80.7 Å². The van der Waals surface area contributed by atoms with E-state index in [1.165, 1.54) is 24.5 Å². The van der Waals surface area contributed by atoms with Crippen LogP contribution >= 0.6 is 0 Å². The van der Waals surface area contributed by atoms with E-state index >= 15 is 0 Å². The molecule has 0 bridgehead atoms. The zero-order valence-corrected chi connectivity index (χ0v) is 15.5. The van der Waals surface area contributed by atoms with Gasteiger partial charge in [0.1, 0.15) is 17.5 Å². The second-order valence-electron chi connectivity index (χ2n) is 6.13. The van der Waals surface area contributed by atoms with Gasteiger partial charge in [-0.2, -0.15) is 5.10 Å². The Hall–Kier alpha value is -4.34. The summed E-state index contributed by atoms with van der Waals surface area (Å²) < 4.78 is 5.34. The van der Waals surface area contributed by atoms with E-state index < -0.39 is 16.7 Å². The van der Waals surface area contributed by atoms with Crippen molar-refractivity contribution >= 4 is 40.4 Å². The van der Waals surface area contributed by atoms with Crippen LogP contribution in [-0.2, 0) is 9.59 Å². The summed E-state index contributed by atoms with van der Waals surface area (Å²) in [6.45, 7) is 0. The Morgan fingerprint density at radius 3 is 2.57 bits per heavy atom. The van der Waals surface area contributed by atoms with Crippen LogP contribution in [0.25, 0.3) is 11.0 Å². The highest BCUT2D eigenvalue weighted by Gasteiger charge is 2.15. The lowest BCUT2D eigenvalue weighted by Crippen LogP contribution is -2.21. The second-order valence-corrected chi connectivity index (χ2v) is 6.13. The predicted octanol–water partition coefficient (Wildman–Crippen LogP) is 2.57. The Balaban J connectivity index is 1.53. The van der Waals surface area contributed by atoms with Crippen molar-refractivity contribution in [2.45, 2.75) is 12.8 Å². The van der Waals surface area contributed by atoms with Gasteiger partial charge in [-0.15, -0.1) is 0 Å². The summed E-state index contributed by atoms with van der Waals surface area (Å²) in [5.74, 6) is -1.12. The van der Waals surface area contributed by atoms with E-state index in [0.29, 0.717) is 11.0 Å². The molecule has 152 valence electrons. The van der Waals surface area contributed by atoms with Gasteiger partial charge in [-0.05, 0) is 18.2 Å². The van der Waals surface area contributed by atoms with Crippen LogP contribution in [0.2, 0.25) is 0 Å². The molecule has 10 nitrogen and oxygen atoms in total. The molecule has 2 amide bonds. The van der Waals surface area contributed by atoms with Crippen molar-refractivity contribution in [2.24, 2.45) is 5.10 Å². The van der Waals surface area contributed by atoms with Crippen LogP contribution in [-0.4, -0.2) is 23.0 Å². The Kier molecular flexibility index (Phi) is 6.28. The van der Waals surface area contributed by atoms with Crippen molar-refractivity contribution < 1.29 is 18.9 Å². The highest BCUT2D eigenvalue weighted by Crippen LogP contribution is 2.23. The van der Waals surface area contributed by atoms with Crippen LogP contribution in [0.15, 0.2) is 69.1 Å². The fraction of sp³-hybridized carbons (Fsp3) is 0.100. The van der Waals surface area contributed by atoms with Gasteiger partial charge in [-0.3, -0.25) is 24.5 Å². The Morgan fingerprint density at radius 1 is 1.07 bits per heavy atom. The maximum absolute atomic E-state index is 12.3. The zero-order valence-electron chi connectivity index (χ0n) is 15.5. The second kappa shape index (κ2) is 9.24. The molecule has 3 aromatic rings. The van der Waals surface area contributed by atoms with Crippen molar-refractivity contribution in [3.8, 4) is 0 Å². The molecule has 30 heavy (non-hydrogen) atoms. The first-order chi connectivity index (χ1) is 14.5. The number of hydrogen-bond acceptors (Lipinski definition) is 7. The molecule has 0 fully saturated rings. The van der Waals surface area contributed by atoms with Gasteiger partial charge in [0, 0.05) is 18.9 Å². The molecule has 0 spiro atoms. The largest absolute Gasteiger partial charge is 0.463 e. The van der Waals surface area contributed by atoms with E-state index in [2.05, 4.69) is 15.8 Å². The molecule has 2 N–H and O–H groups in total. The lowest BCUT2D eigenvalue weighted by molar-refractivity contribution is -0.383. The van der Waals surface area contributed by atoms with Crippen LogP contribution in [0.5, 0.6) is 0 Å². The number of hydrogen-bond donors (Lipinski definition) is 2. The zero-order chi connectivity index (χ0) is 21.5. The Labute approximate surface area is 169 Å². The maximum atomic E-state index is 12.3. The molecule has 0 aliphatic carbocycles. The molecule has 0 aliphatic heterocycles. The molecule has 0 radical (unpaired) electrons. The molecule has 0 aliphatic rings. The third kappa shape index (κ3) is 4.93. The molecule has 1 heterocycles. The van der Waals surface area contributed by atoms with Crippen LogP contribution in [0, 0.1) is 10.1 Å². The lowest BCUT2D eigenvalue weighted by atomic mass is 10.2. The summed E-state index contributed by atoms with van der Waals surface area (Å²) in [5.41, 5.74) is 2.33. The van der Waals surface area contributed by atoms with Gasteiger partial charge in [0.15, 0.2) is 0 Å². The number of nitro groups is 1. The molecular weight excluding hydrogens is 392 g/mol. The molecule has 10 heteroatoms. The van der Waals surface area contributed by atoms with Gasteiger partial charge in [0.25, 0.3) is 5.69 Å². The van der Waals surface area contributed by atoms with E-state index in [0.717, 1.165) is 6.21 Å². The fourth-order valence-corrected chi connectivity index (χ4v) is 2.59. The first-order valence-electron chi connectivity index (χ1n) is 8.81. The number of fused-ring (bicyclic) bond motifs is 1. The van der Waals surface area contributed by atoms with Crippen molar-refractivity contribution in [3.63, 3.8) is 0 Å². The average molecular weight is 408 g/mol. The summed E-state index contributed by atoms with van der Waals surface area (Å²) in [6, 6.07) is 12.4. The number of para-hydroxylation sites is 3. The van der Waals surface area contributed by atoms with Gasteiger partial charge in [0.05, 0.1) is 22.1 Å². The minimum atomic E-state index is -0.611. The number of hydrazone groups is 1. The van der Waals surface area contributed by atoms with Crippen molar-refractivity contribution in [2.75, 3.05) is 5.32 Å². The number of carbonyl (C=O) groups is 2. The highest BCUT2D eigenvalue weighted by atomic mass is 16.6. The highest BCUT2D eigenvalue weighted by molar-refractivity contribution is 5.95. The predicted molar refractivity (Wildman–Crippen MR) is 109 cm³/mol. The number of nitrogens with one attached hydrogen (secondary N) is 2. The molecule has 0 unspecified atom stereocenters. The molecule has 0 saturated carbocycles. The molecule has 3 rings (SSSR count). The van der Waals surface area contributed by atoms with Gasteiger partial charge >= 0.3 is 0 Å². The molecule has 1 aromatic heterocycles. The summed E-state index contributed by atoms with van der Waals surface area (Å²) in [5, 5.41) is 17.4. The van der Waals surface area contributed by atoms with Crippen LogP contribution in [0.4, 0.5) is 11.4 Å². The topological polar surface area (TPSA) is 144 Å². The Bertz CT molecular complexity index is 1200. The van der Waals surface area contributed by atoms with E-state index in [1.54, 1.807) is 30.3 Å². The third-order valence-electron chi connectivity index (χ3n) is 4.05. The minimum absolute atomic E-state index is 0.0500. The number of anilines is 1. The normalized spacial score (nSPS) is 10.8. The third-order valence-corrected chi connectivity index (χ3v) is 4.05. The van der Waals surface area contributed by atoms with Gasteiger partial charge in [-0.1, -0.05) is 24.3 Å². The molecule has 0 atom stereocenters. The van der Waals surface area contributed by atoms with Gasteiger partial charge < -0.3 is 9.73 Å². The van der Waals surface area contributed by atoms with Crippen LogP contribution < -0.4 is 16.2 Å². The standard InChI is InChI=1S/C20H16N4O6/c25-18(22-15-6-2-3-7-16(15)24(28)29)9-10-19(26)23-21-11-13-12-30-17-8-4-1-5-14(17)20(13)27/h1-8,11-12H,9-10H2,(H,22,25)(H,23,26)/b21-11-. The quantitative estimate of drug-likeness (QED) is 0.349. The SMILES string of the molecule is O=C(CCC(=O)Nc1ccccc1[N+](=O)[O-])N/N=C\c1coc2ccccc2c1=O. The Morgan fingerprint density at radius 2 is 1.77 bits per heavy atom.